The molecule has 0 saturated carbocycles. The number of benzene rings is 2. The largest absolute Gasteiger partial charge is 0.336 e. The molecule has 0 aliphatic carbocycles. The third-order valence-corrected chi connectivity index (χ3v) is 7.50. The Balaban J connectivity index is 1.09. The number of aryl methyl sites for hydroxylation is 1. The van der Waals surface area contributed by atoms with Crippen molar-refractivity contribution in [2.24, 2.45) is 7.05 Å². The summed E-state index contributed by atoms with van der Waals surface area (Å²) in [6.45, 7) is 2.76. The predicted octanol–water partition coefficient (Wildman–Crippen LogP) is 3.03. The number of likely N-dealkylation sites (tertiary alicyclic amines) is 2. The average Bonchev–Trinajstić information content (AvgIpc) is 3.62. The van der Waals surface area contributed by atoms with Gasteiger partial charge in [0.25, 0.3) is 11.8 Å². The van der Waals surface area contributed by atoms with Crippen LogP contribution in [0.4, 0.5) is 0 Å². The fourth-order valence-corrected chi connectivity index (χ4v) is 5.56. The van der Waals surface area contributed by atoms with E-state index in [1.807, 2.05) is 70.1 Å². The number of aromatic nitrogens is 3. The van der Waals surface area contributed by atoms with Gasteiger partial charge in [0.1, 0.15) is 11.4 Å². The van der Waals surface area contributed by atoms with Crippen LogP contribution >= 0.6 is 11.3 Å². The minimum Gasteiger partial charge on any atom is -0.336 e. The molecule has 0 bridgehead atoms. The van der Waals surface area contributed by atoms with Gasteiger partial charge in [-0.25, -0.2) is 4.98 Å². The molecule has 0 radical (unpaired) electrons. The summed E-state index contributed by atoms with van der Waals surface area (Å²) in [5, 5.41) is 11.1. The summed E-state index contributed by atoms with van der Waals surface area (Å²) in [5.41, 5.74) is 5.82. The highest BCUT2D eigenvalue weighted by molar-refractivity contribution is 7.07. The zero-order valence-electron chi connectivity index (χ0n) is 19.4. The number of carbonyl (C=O) groups excluding carboxylic acids is 2. The SMILES string of the molecule is Cn1nc(-c2ccccc2)c2cc(C(=O)N3CC(N[C@H]4CCN(C(=O)c5cscn5)C4)C3)ccc21. The molecule has 4 heterocycles. The summed E-state index contributed by atoms with van der Waals surface area (Å²) in [5.74, 6) is 0.0428. The van der Waals surface area contributed by atoms with Crippen molar-refractivity contribution in [2.75, 3.05) is 26.2 Å². The molecule has 2 aromatic carbocycles. The highest BCUT2D eigenvalue weighted by Crippen LogP contribution is 2.29. The lowest BCUT2D eigenvalue weighted by atomic mass is 10.0. The van der Waals surface area contributed by atoms with E-state index in [0.717, 1.165) is 35.1 Å². The number of carbonyl (C=O) groups is 2. The summed E-state index contributed by atoms with van der Waals surface area (Å²) in [6.07, 6.45) is 0.917. The standard InChI is InChI=1S/C26H26N6O2S/c1-30-23-8-7-18(11-21(23)24(29-30)17-5-3-2-4-6-17)25(33)32-13-20(14-32)28-19-9-10-31(12-19)26(34)22-15-35-16-27-22/h2-8,11,15-16,19-20,28H,9-10,12-14H2,1H3/t19-/m0/s1. The fraction of sp³-hybridized carbons (Fsp3) is 0.308. The summed E-state index contributed by atoms with van der Waals surface area (Å²) >= 11 is 1.44. The van der Waals surface area contributed by atoms with Gasteiger partial charge < -0.3 is 15.1 Å². The smallest absolute Gasteiger partial charge is 0.273 e. The molecular weight excluding hydrogens is 460 g/mol. The van der Waals surface area contributed by atoms with Crippen LogP contribution in [-0.2, 0) is 7.05 Å². The van der Waals surface area contributed by atoms with Gasteiger partial charge in [0.2, 0.25) is 0 Å². The number of nitrogens with zero attached hydrogens (tertiary/aromatic N) is 5. The molecule has 178 valence electrons. The highest BCUT2D eigenvalue weighted by atomic mass is 32.1. The molecule has 6 rings (SSSR count). The van der Waals surface area contributed by atoms with E-state index in [1.54, 1.807) is 10.9 Å². The molecule has 2 aliphatic heterocycles. The van der Waals surface area contributed by atoms with E-state index in [-0.39, 0.29) is 23.9 Å². The second-order valence-corrected chi connectivity index (χ2v) is 9.97. The van der Waals surface area contributed by atoms with Crippen molar-refractivity contribution in [3.8, 4) is 11.3 Å². The highest BCUT2D eigenvalue weighted by Gasteiger charge is 2.35. The molecule has 4 aromatic rings. The van der Waals surface area contributed by atoms with Gasteiger partial charge >= 0.3 is 0 Å². The number of nitrogens with one attached hydrogen (secondary N) is 1. The monoisotopic (exact) mass is 486 g/mol. The Labute approximate surface area is 207 Å². The quantitative estimate of drug-likeness (QED) is 0.469. The van der Waals surface area contributed by atoms with Gasteiger partial charge in [0.05, 0.1) is 11.0 Å². The Morgan fingerprint density at radius 1 is 1.00 bits per heavy atom. The van der Waals surface area contributed by atoms with E-state index >= 15 is 0 Å². The van der Waals surface area contributed by atoms with Crippen LogP contribution in [-0.4, -0.2) is 74.6 Å². The third kappa shape index (κ3) is 4.11. The van der Waals surface area contributed by atoms with E-state index in [1.165, 1.54) is 11.3 Å². The first-order valence-corrected chi connectivity index (χ1v) is 12.8. The van der Waals surface area contributed by atoms with Crippen LogP contribution in [0.15, 0.2) is 59.4 Å². The van der Waals surface area contributed by atoms with Crippen molar-refractivity contribution >= 4 is 34.1 Å². The van der Waals surface area contributed by atoms with Gasteiger partial charge in [-0.3, -0.25) is 14.3 Å². The molecule has 0 unspecified atom stereocenters. The second-order valence-electron chi connectivity index (χ2n) is 9.25. The molecule has 1 atom stereocenters. The number of amides is 2. The Morgan fingerprint density at radius 2 is 1.80 bits per heavy atom. The molecule has 2 aliphatic rings. The lowest BCUT2D eigenvalue weighted by Crippen LogP contribution is -2.62. The van der Waals surface area contributed by atoms with Crippen molar-refractivity contribution in [1.82, 2.24) is 29.9 Å². The van der Waals surface area contributed by atoms with Crippen LogP contribution < -0.4 is 5.32 Å². The van der Waals surface area contributed by atoms with Crippen molar-refractivity contribution in [2.45, 2.75) is 18.5 Å². The van der Waals surface area contributed by atoms with Crippen molar-refractivity contribution in [3.05, 3.63) is 70.7 Å². The molecule has 2 amide bonds. The lowest BCUT2D eigenvalue weighted by Gasteiger charge is -2.41. The number of rotatable bonds is 5. The Bertz CT molecular complexity index is 1380. The van der Waals surface area contributed by atoms with Gasteiger partial charge in [-0.15, -0.1) is 11.3 Å². The third-order valence-electron chi connectivity index (χ3n) is 6.91. The number of hydrogen-bond acceptors (Lipinski definition) is 6. The van der Waals surface area contributed by atoms with E-state index in [2.05, 4.69) is 10.3 Å². The number of thiazole rings is 1. The molecule has 9 heteroatoms. The van der Waals surface area contributed by atoms with Gasteiger partial charge in [0, 0.05) is 67.2 Å². The second kappa shape index (κ2) is 8.90. The summed E-state index contributed by atoms with van der Waals surface area (Å²) in [7, 11) is 1.93. The summed E-state index contributed by atoms with van der Waals surface area (Å²) in [6, 6.07) is 16.4. The van der Waals surface area contributed by atoms with Gasteiger partial charge in [-0.2, -0.15) is 5.10 Å². The molecule has 2 saturated heterocycles. The van der Waals surface area contributed by atoms with E-state index < -0.39 is 0 Å². The zero-order chi connectivity index (χ0) is 23.9. The molecule has 2 fully saturated rings. The minimum atomic E-state index is 0.00151. The average molecular weight is 487 g/mol. The molecule has 1 N–H and O–H groups in total. The van der Waals surface area contributed by atoms with Crippen LogP contribution in [0.1, 0.15) is 27.3 Å². The Morgan fingerprint density at radius 3 is 2.57 bits per heavy atom. The van der Waals surface area contributed by atoms with Gasteiger partial charge in [-0.05, 0) is 24.6 Å². The number of fused-ring (bicyclic) bond motifs is 1. The maximum absolute atomic E-state index is 13.2. The maximum Gasteiger partial charge on any atom is 0.273 e. The minimum absolute atomic E-state index is 0.00151. The molecule has 35 heavy (non-hydrogen) atoms. The van der Waals surface area contributed by atoms with Crippen molar-refractivity contribution in [1.29, 1.82) is 0 Å². The fourth-order valence-electron chi connectivity index (χ4n) is 5.03. The predicted molar refractivity (Wildman–Crippen MR) is 135 cm³/mol. The molecule has 8 nitrogen and oxygen atoms in total. The topological polar surface area (TPSA) is 83.4 Å². The lowest BCUT2D eigenvalue weighted by molar-refractivity contribution is 0.0553. The first-order valence-electron chi connectivity index (χ1n) is 11.8. The Kier molecular flexibility index (Phi) is 5.58. The van der Waals surface area contributed by atoms with Crippen molar-refractivity contribution in [3.63, 3.8) is 0 Å². The zero-order valence-corrected chi connectivity index (χ0v) is 20.2. The normalized spacial score (nSPS) is 18.3. The van der Waals surface area contributed by atoms with Gasteiger partial charge in [0.15, 0.2) is 0 Å². The first kappa shape index (κ1) is 21.9. The van der Waals surface area contributed by atoms with Crippen LogP contribution in [0.2, 0.25) is 0 Å². The van der Waals surface area contributed by atoms with Gasteiger partial charge in [-0.1, -0.05) is 30.3 Å². The van der Waals surface area contributed by atoms with Crippen LogP contribution in [0.25, 0.3) is 22.2 Å². The van der Waals surface area contributed by atoms with E-state index in [0.29, 0.717) is 30.9 Å². The molecule has 2 aromatic heterocycles. The van der Waals surface area contributed by atoms with Crippen molar-refractivity contribution < 1.29 is 9.59 Å². The molecular formula is C26H26N6O2S. The molecule has 0 spiro atoms. The Hall–Kier alpha value is -3.56. The first-order chi connectivity index (χ1) is 17.1. The summed E-state index contributed by atoms with van der Waals surface area (Å²) in [4.78, 5) is 33.6. The summed E-state index contributed by atoms with van der Waals surface area (Å²) < 4.78 is 1.86. The van der Waals surface area contributed by atoms with E-state index in [4.69, 9.17) is 5.10 Å². The van der Waals surface area contributed by atoms with Crippen LogP contribution in [0, 0.1) is 0 Å². The maximum atomic E-state index is 13.2. The van der Waals surface area contributed by atoms with E-state index in [9.17, 15) is 9.59 Å². The van der Waals surface area contributed by atoms with Crippen LogP contribution in [0.3, 0.4) is 0 Å². The van der Waals surface area contributed by atoms with Crippen LogP contribution in [0.5, 0.6) is 0 Å². The number of hydrogen-bond donors (Lipinski definition) is 1.